The van der Waals surface area contributed by atoms with E-state index in [1.54, 1.807) is 24.4 Å². The summed E-state index contributed by atoms with van der Waals surface area (Å²) in [5, 5.41) is 9.22. The van der Waals surface area contributed by atoms with E-state index in [-0.39, 0.29) is 5.75 Å². The van der Waals surface area contributed by atoms with E-state index in [4.69, 9.17) is 0 Å². The lowest BCUT2D eigenvalue weighted by atomic mass is 10.1. The summed E-state index contributed by atoms with van der Waals surface area (Å²) in [4.78, 5) is 14.6. The summed E-state index contributed by atoms with van der Waals surface area (Å²) in [5.41, 5.74) is 1.81. The minimum absolute atomic E-state index is 0.0699. The first kappa shape index (κ1) is 10.9. The number of nitrogens with zero attached hydrogens (tertiary/aromatic N) is 1. The molecular weight excluding hydrogens is 214 g/mol. The van der Waals surface area contributed by atoms with Crippen molar-refractivity contribution >= 4 is 6.29 Å². The molecule has 2 aromatic rings. The average molecular weight is 223 g/mol. The molecule has 0 radical (unpaired) electrons. The Morgan fingerprint density at radius 1 is 1.18 bits per heavy atom. The van der Waals surface area contributed by atoms with Gasteiger partial charge in [-0.1, -0.05) is 30.0 Å². The first-order valence-corrected chi connectivity index (χ1v) is 5.00. The molecule has 0 saturated heterocycles. The van der Waals surface area contributed by atoms with Crippen LogP contribution in [0.5, 0.6) is 5.75 Å². The van der Waals surface area contributed by atoms with Crippen LogP contribution in [0, 0.1) is 11.8 Å². The SMILES string of the molecule is O=Cc1ccccc1C#Cc1cncc(O)c1. The van der Waals surface area contributed by atoms with Crippen LogP contribution in [-0.4, -0.2) is 16.4 Å². The molecule has 1 heterocycles. The Balaban J connectivity index is 2.36. The van der Waals surface area contributed by atoms with Gasteiger partial charge in [-0.2, -0.15) is 0 Å². The third-order valence-electron chi connectivity index (χ3n) is 2.15. The summed E-state index contributed by atoms with van der Waals surface area (Å²) in [7, 11) is 0. The van der Waals surface area contributed by atoms with E-state index < -0.39 is 0 Å². The van der Waals surface area contributed by atoms with Gasteiger partial charge in [0.25, 0.3) is 0 Å². The van der Waals surface area contributed by atoms with Crippen molar-refractivity contribution < 1.29 is 9.90 Å². The van der Waals surface area contributed by atoms with Gasteiger partial charge in [-0.3, -0.25) is 9.78 Å². The van der Waals surface area contributed by atoms with Crippen LogP contribution < -0.4 is 0 Å². The molecule has 3 nitrogen and oxygen atoms in total. The minimum atomic E-state index is 0.0699. The Morgan fingerprint density at radius 2 is 2.00 bits per heavy atom. The van der Waals surface area contributed by atoms with Crippen molar-refractivity contribution in [1.82, 2.24) is 4.98 Å². The molecule has 0 saturated carbocycles. The zero-order chi connectivity index (χ0) is 12.1. The van der Waals surface area contributed by atoms with E-state index in [1.807, 2.05) is 6.07 Å². The summed E-state index contributed by atoms with van der Waals surface area (Å²) in [6.45, 7) is 0. The third-order valence-corrected chi connectivity index (χ3v) is 2.15. The standard InChI is InChI=1S/C14H9NO2/c16-10-13-4-2-1-3-12(13)6-5-11-7-14(17)9-15-8-11/h1-4,7-10,17H. The maximum Gasteiger partial charge on any atom is 0.151 e. The van der Waals surface area contributed by atoms with Gasteiger partial charge in [0.05, 0.1) is 6.20 Å². The minimum Gasteiger partial charge on any atom is -0.506 e. The largest absolute Gasteiger partial charge is 0.506 e. The van der Waals surface area contributed by atoms with E-state index >= 15 is 0 Å². The summed E-state index contributed by atoms with van der Waals surface area (Å²) < 4.78 is 0. The van der Waals surface area contributed by atoms with Crippen molar-refractivity contribution in [3.8, 4) is 17.6 Å². The number of pyridine rings is 1. The van der Waals surface area contributed by atoms with Crippen LogP contribution in [0.25, 0.3) is 0 Å². The maximum absolute atomic E-state index is 10.8. The summed E-state index contributed by atoms with van der Waals surface area (Å²) in [5.74, 6) is 5.79. The van der Waals surface area contributed by atoms with Crippen LogP contribution in [0.4, 0.5) is 0 Å². The third kappa shape index (κ3) is 2.70. The molecule has 3 heteroatoms. The average Bonchev–Trinajstić information content (AvgIpc) is 2.37. The topological polar surface area (TPSA) is 50.2 Å². The van der Waals surface area contributed by atoms with Crippen LogP contribution in [0.3, 0.4) is 0 Å². The highest BCUT2D eigenvalue weighted by molar-refractivity contribution is 5.79. The van der Waals surface area contributed by atoms with Crippen molar-refractivity contribution in [2.45, 2.75) is 0 Å². The lowest BCUT2D eigenvalue weighted by Gasteiger charge is -1.94. The molecule has 0 fully saturated rings. The fraction of sp³-hybridized carbons (Fsp3) is 0. The lowest BCUT2D eigenvalue weighted by molar-refractivity contribution is 0.112. The smallest absolute Gasteiger partial charge is 0.151 e. The molecule has 0 amide bonds. The number of carbonyl (C=O) groups excluding carboxylic acids is 1. The van der Waals surface area contributed by atoms with E-state index in [0.29, 0.717) is 16.7 Å². The Labute approximate surface area is 98.8 Å². The molecule has 82 valence electrons. The summed E-state index contributed by atoms with van der Waals surface area (Å²) in [6, 6.07) is 8.59. The van der Waals surface area contributed by atoms with Crippen LogP contribution in [0.2, 0.25) is 0 Å². The predicted octanol–water partition coefficient (Wildman–Crippen LogP) is 2.00. The van der Waals surface area contributed by atoms with E-state index in [0.717, 1.165) is 6.29 Å². The molecule has 17 heavy (non-hydrogen) atoms. The number of carbonyl (C=O) groups is 1. The fourth-order valence-electron chi connectivity index (χ4n) is 1.35. The highest BCUT2D eigenvalue weighted by Gasteiger charge is 1.96. The molecule has 1 aromatic heterocycles. The lowest BCUT2D eigenvalue weighted by Crippen LogP contribution is -1.86. The van der Waals surface area contributed by atoms with Crippen molar-refractivity contribution in [2.24, 2.45) is 0 Å². The molecule has 2 rings (SSSR count). The van der Waals surface area contributed by atoms with Crippen molar-refractivity contribution in [2.75, 3.05) is 0 Å². The second-order valence-corrected chi connectivity index (χ2v) is 3.39. The molecule has 0 aliphatic heterocycles. The Hall–Kier alpha value is -2.60. The number of hydrogen-bond acceptors (Lipinski definition) is 3. The van der Waals surface area contributed by atoms with Gasteiger partial charge < -0.3 is 5.11 Å². The molecule has 1 aromatic carbocycles. The molecule has 0 atom stereocenters. The second kappa shape index (κ2) is 4.95. The van der Waals surface area contributed by atoms with Crippen LogP contribution in [0.15, 0.2) is 42.7 Å². The molecule has 0 bridgehead atoms. The van der Waals surface area contributed by atoms with Gasteiger partial charge in [0.2, 0.25) is 0 Å². The summed E-state index contributed by atoms with van der Waals surface area (Å²) in [6.07, 6.45) is 3.66. The number of aromatic nitrogens is 1. The number of hydrogen-bond donors (Lipinski definition) is 1. The van der Waals surface area contributed by atoms with Gasteiger partial charge in [0.15, 0.2) is 6.29 Å². The molecule has 1 N–H and O–H groups in total. The maximum atomic E-state index is 10.8. The summed E-state index contributed by atoms with van der Waals surface area (Å²) >= 11 is 0. The van der Waals surface area contributed by atoms with E-state index in [2.05, 4.69) is 16.8 Å². The Morgan fingerprint density at radius 3 is 2.76 bits per heavy atom. The van der Waals surface area contributed by atoms with Gasteiger partial charge in [0.1, 0.15) is 5.75 Å². The first-order chi connectivity index (χ1) is 8.29. The van der Waals surface area contributed by atoms with E-state index in [1.165, 1.54) is 12.3 Å². The van der Waals surface area contributed by atoms with Crippen molar-refractivity contribution in [3.63, 3.8) is 0 Å². The molecule has 0 aliphatic rings. The van der Waals surface area contributed by atoms with Gasteiger partial charge in [-0.15, -0.1) is 0 Å². The molecule has 0 aliphatic carbocycles. The zero-order valence-corrected chi connectivity index (χ0v) is 8.92. The Bertz CT molecular complexity index is 609. The number of rotatable bonds is 1. The van der Waals surface area contributed by atoms with Crippen LogP contribution >= 0.6 is 0 Å². The first-order valence-electron chi connectivity index (χ1n) is 5.00. The van der Waals surface area contributed by atoms with Gasteiger partial charge >= 0.3 is 0 Å². The quantitative estimate of drug-likeness (QED) is 0.594. The molecule has 0 unspecified atom stereocenters. The van der Waals surface area contributed by atoms with Gasteiger partial charge in [0, 0.05) is 22.9 Å². The highest BCUT2D eigenvalue weighted by atomic mass is 16.3. The number of benzene rings is 1. The second-order valence-electron chi connectivity index (χ2n) is 3.39. The monoisotopic (exact) mass is 223 g/mol. The van der Waals surface area contributed by atoms with Gasteiger partial charge in [-0.25, -0.2) is 0 Å². The molecular formula is C14H9NO2. The van der Waals surface area contributed by atoms with Crippen molar-refractivity contribution in [1.29, 1.82) is 0 Å². The van der Waals surface area contributed by atoms with Crippen LogP contribution in [0.1, 0.15) is 21.5 Å². The predicted molar refractivity (Wildman–Crippen MR) is 63.7 cm³/mol. The van der Waals surface area contributed by atoms with E-state index in [9.17, 15) is 9.90 Å². The fourth-order valence-corrected chi connectivity index (χ4v) is 1.35. The van der Waals surface area contributed by atoms with Crippen molar-refractivity contribution in [3.05, 3.63) is 59.4 Å². The van der Waals surface area contributed by atoms with Crippen LogP contribution in [-0.2, 0) is 0 Å². The number of aldehydes is 1. The normalized spacial score (nSPS) is 9.18. The Kier molecular flexibility index (Phi) is 3.18. The molecule has 0 spiro atoms. The number of aromatic hydroxyl groups is 1. The zero-order valence-electron chi connectivity index (χ0n) is 8.92. The highest BCUT2D eigenvalue weighted by Crippen LogP contribution is 2.08. The van der Waals surface area contributed by atoms with Gasteiger partial charge in [-0.05, 0) is 12.1 Å².